The van der Waals surface area contributed by atoms with E-state index in [9.17, 15) is 0 Å². The number of hydrogen-bond donors (Lipinski definition) is 1. The fourth-order valence-electron chi connectivity index (χ4n) is 3.45. The molecule has 0 aromatic carbocycles. The van der Waals surface area contributed by atoms with Crippen molar-refractivity contribution >= 4 is 0 Å². The molecular formula is C15H32N2. The molecule has 102 valence electrons. The second-order valence-corrected chi connectivity index (χ2v) is 5.60. The molecule has 1 aliphatic heterocycles. The maximum atomic E-state index is 3.54. The van der Waals surface area contributed by atoms with Crippen molar-refractivity contribution < 1.29 is 0 Å². The zero-order valence-corrected chi connectivity index (χ0v) is 12.3. The molecular weight excluding hydrogens is 208 g/mol. The monoisotopic (exact) mass is 240 g/mol. The lowest BCUT2D eigenvalue weighted by Gasteiger charge is -2.34. The van der Waals surface area contributed by atoms with E-state index in [0.717, 1.165) is 12.0 Å². The Morgan fingerprint density at radius 3 is 2.53 bits per heavy atom. The van der Waals surface area contributed by atoms with E-state index in [2.05, 4.69) is 38.0 Å². The van der Waals surface area contributed by atoms with Gasteiger partial charge < -0.3 is 5.32 Å². The molecule has 1 saturated heterocycles. The Bertz CT molecular complexity index is 193. The van der Waals surface area contributed by atoms with Crippen molar-refractivity contribution in [3.05, 3.63) is 0 Å². The molecule has 2 heteroatoms. The van der Waals surface area contributed by atoms with Crippen LogP contribution in [-0.2, 0) is 0 Å². The summed E-state index contributed by atoms with van der Waals surface area (Å²) in [6, 6.07) is 1.44. The van der Waals surface area contributed by atoms with E-state index in [1.165, 1.54) is 51.6 Å². The quantitative estimate of drug-likeness (QED) is 0.700. The molecule has 1 heterocycles. The number of nitrogens with one attached hydrogen (secondary N) is 1. The van der Waals surface area contributed by atoms with E-state index >= 15 is 0 Å². The maximum Gasteiger partial charge on any atom is 0.0246 e. The Kier molecular flexibility index (Phi) is 7.14. The van der Waals surface area contributed by atoms with Crippen molar-refractivity contribution in [2.24, 2.45) is 5.92 Å². The summed E-state index contributed by atoms with van der Waals surface area (Å²) < 4.78 is 0. The van der Waals surface area contributed by atoms with Crippen molar-refractivity contribution in [3.63, 3.8) is 0 Å². The first-order valence-electron chi connectivity index (χ1n) is 7.68. The van der Waals surface area contributed by atoms with Gasteiger partial charge in [-0.05, 0) is 45.2 Å². The molecule has 3 unspecified atom stereocenters. The van der Waals surface area contributed by atoms with Gasteiger partial charge in [-0.15, -0.1) is 0 Å². The Hall–Kier alpha value is -0.0800. The maximum absolute atomic E-state index is 3.54. The molecule has 1 N–H and O–H groups in total. The van der Waals surface area contributed by atoms with Gasteiger partial charge in [-0.2, -0.15) is 0 Å². The Balaban J connectivity index is 2.49. The normalized spacial score (nSPS) is 25.1. The minimum Gasteiger partial charge on any atom is -0.315 e. The zero-order valence-electron chi connectivity index (χ0n) is 12.3. The van der Waals surface area contributed by atoms with Gasteiger partial charge in [-0.3, -0.25) is 4.90 Å². The first-order valence-corrected chi connectivity index (χ1v) is 7.68. The highest BCUT2D eigenvalue weighted by atomic mass is 15.2. The molecule has 0 radical (unpaired) electrons. The van der Waals surface area contributed by atoms with Gasteiger partial charge in [-0.1, -0.05) is 33.6 Å². The van der Waals surface area contributed by atoms with E-state index in [1.807, 2.05) is 0 Å². The van der Waals surface area contributed by atoms with Gasteiger partial charge in [0.25, 0.3) is 0 Å². The number of hydrogen-bond acceptors (Lipinski definition) is 2. The van der Waals surface area contributed by atoms with Crippen LogP contribution in [0.2, 0.25) is 0 Å². The van der Waals surface area contributed by atoms with Crippen LogP contribution in [0.5, 0.6) is 0 Å². The summed E-state index contributed by atoms with van der Waals surface area (Å²) in [5, 5.41) is 3.54. The third-order valence-corrected chi connectivity index (χ3v) is 4.34. The van der Waals surface area contributed by atoms with Crippen LogP contribution in [0.1, 0.15) is 59.3 Å². The Morgan fingerprint density at radius 1 is 1.24 bits per heavy atom. The van der Waals surface area contributed by atoms with Gasteiger partial charge in [0.1, 0.15) is 0 Å². The average molecular weight is 240 g/mol. The Morgan fingerprint density at radius 2 is 2.00 bits per heavy atom. The third kappa shape index (κ3) is 4.26. The van der Waals surface area contributed by atoms with E-state index in [0.29, 0.717) is 6.04 Å². The van der Waals surface area contributed by atoms with Crippen molar-refractivity contribution in [1.29, 1.82) is 0 Å². The van der Waals surface area contributed by atoms with Crippen molar-refractivity contribution in [1.82, 2.24) is 10.2 Å². The fourth-order valence-corrected chi connectivity index (χ4v) is 3.45. The Labute approximate surface area is 108 Å². The summed E-state index contributed by atoms with van der Waals surface area (Å²) in [4.78, 5) is 2.75. The van der Waals surface area contributed by atoms with Crippen LogP contribution in [0.3, 0.4) is 0 Å². The molecule has 0 aromatic rings. The van der Waals surface area contributed by atoms with Gasteiger partial charge in [0.15, 0.2) is 0 Å². The van der Waals surface area contributed by atoms with E-state index in [-0.39, 0.29) is 0 Å². The van der Waals surface area contributed by atoms with E-state index in [4.69, 9.17) is 0 Å². The smallest absolute Gasteiger partial charge is 0.0246 e. The van der Waals surface area contributed by atoms with Gasteiger partial charge in [0.05, 0.1) is 0 Å². The number of likely N-dealkylation sites (tertiary alicyclic amines) is 1. The van der Waals surface area contributed by atoms with Crippen LogP contribution in [0.4, 0.5) is 0 Å². The van der Waals surface area contributed by atoms with Crippen LogP contribution in [0.25, 0.3) is 0 Å². The van der Waals surface area contributed by atoms with E-state index < -0.39 is 0 Å². The molecule has 0 spiro atoms. The van der Waals surface area contributed by atoms with Crippen LogP contribution in [-0.4, -0.2) is 37.1 Å². The molecule has 17 heavy (non-hydrogen) atoms. The fraction of sp³-hybridized carbons (Fsp3) is 1.00. The molecule has 0 aromatic heterocycles. The van der Waals surface area contributed by atoms with Gasteiger partial charge in [-0.25, -0.2) is 0 Å². The summed E-state index contributed by atoms with van der Waals surface area (Å²) in [6.07, 6.45) is 8.07. The lowest BCUT2D eigenvalue weighted by atomic mass is 9.99. The van der Waals surface area contributed by atoms with Crippen molar-refractivity contribution in [2.45, 2.75) is 71.4 Å². The first-order chi connectivity index (χ1) is 8.26. The van der Waals surface area contributed by atoms with Gasteiger partial charge >= 0.3 is 0 Å². The summed E-state index contributed by atoms with van der Waals surface area (Å²) >= 11 is 0. The van der Waals surface area contributed by atoms with Crippen LogP contribution in [0.15, 0.2) is 0 Å². The molecule has 0 amide bonds. The molecule has 2 nitrogen and oxygen atoms in total. The zero-order chi connectivity index (χ0) is 12.7. The molecule has 1 rings (SSSR count). The minimum absolute atomic E-state index is 0.686. The third-order valence-electron chi connectivity index (χ3n) is 4.34. The molecule has 0 bridgehead atoms. The van der Waals surface area contributed by atoms with Crippen LogP contribution >= 0.6 is 0 Å². The lowest BCUT2D eigenvalue weighted by Crippen LogP contribution is -2.48. The largest absolute Gasteiger partial charge is 0.315 e. The lowest BCUT2D eigenvalue weighted by molar-refractivity contribution is 0.176. The minimum atomic E-state index is 0.686. The number of nitrogens with zero attached hydrogens (tertiary/aromatic N) is 1. The van der Waals surface area contributed by atoms with E-state index in [1.54, 1.807) is 0 Å². The van der Waals surface area contributed by atoms with Gasteiger partial charge in [0, 0.05) is 18.6 Å². The predicted molar refractivity (Wildman–Crippen MR) is 76.4 cm³/mol. The summed E-state index contributed by atoms with van der Waals surface area (Å²) in [5.74, 6) is 0.966. The highest BCUT2D eigenvalue weighted by Crippen LogP contribution is 2.25. The molecule has 0 saturated carbocycles. The predicted octanol–water partition coefficient (Wildman–Crippen LogP) is 3.28. The second-order valence-electron chi connectivity index (χ2n) is 5.60. The average Bonchev–Trinajstić information content (AvgIpc) is 2.78. The second kappa shape index (κ2) is 8.10. The van der Waals surface area contributed by atoms with Gasteiger partial charge in [0.2, 0.25) is 0 Å². The standard InChI is InChI=1S/C15H32N2/c1-5-8-13-10-11-17(12-13)15(7-3)14(16-4)9-6-2/h13-16H,5-12H2,1-4H3. The summed E-state index contributed by atoms with van der Waals surface area (Å²) in [7, 11) is 2.13. The van der Waals surface area contributed by atoms with Crippen LogP contribution in [0, 0.1) is 5.92 Å². The van der Waals surface area contributed by atoms with Crippen molar-refractivity contribution in [3.8, 4) is 0 Å². The van der Waals surface area contributed by atoms with Crippen LogP contribution < -0.4 is 5.32 Å². The topological polar surface area (TPSA) is 15.3 Å². The SMILES string of the molecule is CCCC1CCN(C(CC)C(CCC)NC)C1. The number of likely N-dealkylation sites (N-methyl/N-ethyl adjacent to an activating group) is 1. The summed E-state index contributed by atoms with van der Waals surface area (Å²) in [6.45, 7) is 9.62. The summed E-state index contributed by atoms with van der Waals surface area (Å²) in [5.41, 5.74) is 0. The highest BCUT2D eigenvalue weighted by molar-refractivity contribution is 4.87. The number of rotatable bonds is 8. The molecule has 0 aliphatic carbocycles. The molecule has 1 fully saturated rings. The first kappa shape index (κ1) is 15.0. The highest BCUT2D eigenvalue weighted by Gasteiger charge is 2.30. The van der Waals surface area contributed by atoms with Crippen molar-refractivity contribution in [2.75, 3.05) is 20.1 Å². The molecule has 3 atom stereocenters. The molecule has 1 aliphatic rings.